The minimum atomic E-state index is -2.94. The van der Waals surface area contributed by atoms with Gasteiger partial charge in [-0.1, -0.05) is 0 Å². The number of carbonyl (C=O) groups excluding carboxylic acids is 1. The number of rotatable bonds is 6. The van der Waals surface area contributed by atoms with Crippen LogP contribution in [0.1, 0.15) is 55.6 Å². The molecule has 2 fully saturated rings. The number of nitrogens with one attached hydrogen (secondary N) is 1. The van der Waals surface area contributed by atoms with Crippen molar-refractivity contribution in [2.75, 3.05) is 24.7 Å². The highest BCUT2D eigenvalue weighted by Crippen LogP contribution is 2.42. The Kier molecular flexibility index (Phi) is 6.85. The molecule has 11 heteroatoms. The summed E-state index contributed by atoms with van der Waals surface area (Å²) in [6.07, 6.45) is 2.68. The minimum Gasteiger partial charge on any atom is -0.488 e. The predicted molar refractivity (Wildman–Crippen MR) is 144 cm³/mol. The van der Waals surface area contributed by atoms with Crippen molar-refractivity contribution in [2.45, 2.75) is 56.7 Å². The summed E-state index contributed by atoms with van der Waals surface area (Å²) in [4.78, 5) is 14.9. The van der Waals surface area contributed by atoms with Gasteiger partial charge >= 0.3 is 0 Å². The predicted octanol–water partition coefficient (Wildman–Crippen LogP) is 4.09. The van der Waals surface area contributed by atoms with Crippen LogP contribution in [0.5, 0.6) is 5.75 Å². The molecule has 0 spiro atoms. The van der Waals surface area contributed by atoms with Gasteiger partial charge in [0.15, 0.2) is 0 Å². The molecule has 4 unspecified atom stereocenters. The second-order valence-electron chi connectivity index (χ2n) is 10.8. The highest BCUT2D eigenvalue weighted by molar-refractivity contribution is 8.00. The first-order valence-corrected chi connectivity index (χ1v) is 14.3. The van der Waals surface area contributed by atoms with E-state index in [1.165, 1.54) is 22.8 Å². The molecule has 0 saturated carbocycles. The molecule has 1 aromatic carbocycles. The van der Waals surface area contributed by atoms with Crippen LogP contribution in [0.2, 0.25) is 0 Å². The molecule has 0 bridgehead atoms. The van der Waals surface area contributed by atoms with Crippen molar-refractivity contribution in [3.8, 4) is 5.75 Å². The van der Waals surface area contributed by atoms with Crippen molar-refractivity contribution in [1.29, 1.82) is 0 Å². The molecular weight excluding hydrogens is 514 g/mol. The second-order valence-corrected chi connectivity index (χ2v) is 13.6. The molecule has 2 aromatic heterocycles. The third-order valence-corrected chi connectivity index (χ3v) is 9.58. The molecule has 4 atom stereocenters. The molecule has 38 heavy (non-hydrogen) atoms. The molecule has 0 aliphatic carbocycles. The number of benzene rings is 1. The van der Waals surface area contributed by atoms with Gasteiger partial charge in [0.05, 0.1) is 46.2 Å². The van der Waals surface area contributed by atoms with Crippen LogP contribution in [0.25, 0.3) is 5.52 Å². The Bertz CT molecular complexity index is 1460. The molecular formula is C27H32F2N4O4S. The van der Waals surface area contributed by atoms with Gasteiger partial charge in [-0.05, 0) is 57.0 Å². The topological polar surface area (TPSA) is 85.2 Å². The highest BCUT2D eigenvalue weighted by Gasteiger charge is 2.36. The number of nitrogens with zero attached hydrogens (tertiary/aromatic N) is 3. The smallest absolute Gasteiger partial charge is 0.266 e. The molecule has 8 nitrogen and oxygen atoms in total. The van der Waals surface area contributed by atoms with Gasteiger partial charge in [0, 0.05) is 41.6 Å². The summed E-state index contributed by atoms with van der Waals surface area (Å²) in [5.74, 6) is 3.23. The first-order chi connectivity index (χ1) is 17.9. The van der Waals surface area contributed by atoms with Gasteiger partial charge in [0.1, 0.15) is 23.8 Å². The first kappa shape index (κ1) is 26.4. The number of halogens is 2. The average molecular weight is 547 g/mol. The van der Waals surface area contributed by atoms with E-state index in [9.17, 15) is 17.8 Å². The average Bonchev–Trinajstić information content (AvgIpc) is 3.58. The van der Waals surface area contributed by atoms with Crippen molar-refractivity contribution in [2.24, 2.45) is 0 Å². The van der Waals surface area contributed by atoms with Crippen LogP contribution in [0, 0.1) is 5.82 Å². The van der Waals surface area contributed by atoms with Gasteiger partial charge in [-0.25, -0.2) is 17.5 Å². The number of pyridine rings is 1. The number of carbonyl (C=O) groups is 1. The van der Waals surface area contributed by atoms with Gasteiger partial charge in [-0.3, -0.25) is 9.52 Å². The normalized spacial score (nSPS) is 23.5. The number of aromatic nitrogens is 2. The number of ether oxygens (including phenoxy) is 2. The number of hydrogen-bond donors (Lipinski definition) is 1. The number of alkyl halides is 1. The third-order valence-electron chi connectivity index (χ3n) is 7.09. The Morgan fingerprint density at radius 1 is 1.29 bits per heavy atom. The molecule has 1 amide bonds. The van der Waals surface area contributed by atoms with E-state index in [0.717, 1.165) is 6.42 Å². The number of amides is 1. The summed E-state index contributed by atoms with van der Waals surface area (Å²) in [7, 11) is -2.94. The zero-order valence-electron chi connectivity index (χ0n) is 21.7. The molecule has 5 rings (SSSR count). The molecule has 2 aliphatic rings. The lowest BCUT2D eigenvalue weighted by atomic mass is 10.0. The van der Waals surface area contributed by atoms with E-state index < -0.39 is 38.4 Å². The fourth-order valence-corrected chi connectivity index (χ4v) is 5.43. The third kappa shape index (κ3) is 5.09. The standard InChI is InChI=1S/C27H32F2N4O4S/c1-27(2,3)38(4,35)31-26(34)22-14-30-33-9-7-19(13-24(22)33)32-15-18(29)12-23(32)21-11-17(28)5-6-25(21)37-20-8-10-36-16-20/h5-7,9,11,13-14,18,20,23H,4,8,10,12,15-16H2,1-3H3,(H,31,34,35). The molecule has 2 saturated heterocycles. The van der Waals surface area contributed by atoms with E-state index in [0.29, 0.717) is 35.7 Å². The molecule has 0 radical (unpaired) electrons. The quantitative estimate of drug-likeness (QED) is 0.469. The zero-order chi connectivity index (χ0) is 27.2. The second kappa shape index (κ2) is 9.85. The van der Waals surface area contributed by atoms with E-state index in [4.69, 9.17) is 9.47 Å². The summed E-state index contributed by atoms with van der Waals surface area (Å²) in [5, 5.41) is 4.24. The van der Waals surface area contributed by atoms with Crippen LogP contribution >= 0.6 is 0 Å². The Balaban J connectivity index is 1.49. The van der Waals surface area contributed by atoms with Crippen LogP contribution in [-0.4, -0.2) is 62.4 Å². The summed E-state index contributed by atoms with van der Waals surface area (Å²) < 4.78 is 57.1. The van der Waals surface area contributed by atoms with Gasteiger partial charge < -0.3 is 14.4 Å². The Morgan fingerprint density at radius 2 is 2.08 bits per heavy atom. The van der Waals surface area contributed by atoms with E-state index in [1.807, 2.05) is 4.90 Å². The van der Waals surface area contributed by atoms with Crippen molar-refractivity contribution in [3.05, 3.63) is 59.7 Å². The SMILES string of the molecule is C=S(=O)(NC(=O)c1cnn2ccc(N3CC(F)CC3c3cc(F)ccc3OC3CCOC3)cc12)C(C)(C)C. The maximum Gasteiger partial charge on any atom is 0.266 e. The molecule has 4 heterocycles. The summed E-state index contributed by atoms with van der Waals surface area (Å²) in [5.41, 5.74) is 1.88. The van der Waals surface area contributed by atoms with Crippen LogP contribution in [0.3, 0.4) is 0 Å². The van der Waals surface area contributed by atoms with E-state index in [1.54, 1.807) is 45.2 Å². The van der Waals surface area contributed by atoms with Crippen molar-refractivity contribution < 1.29 is 27.3 Å². The summed E-state index contributed by atoms with van der Waals surface area (Å²) in [6, 6.07) is 7.34. The van der Waals surface area contributed by atoms with Gasteiger partial charge in [-0.2, -0.15) is 5.10 Å². The van der Waals surface area contributed by atoms with Crippen molar-refractivity contribution in [1.82, 2.24) is 14.3 Å². The molecule has 204 valence electrons. The fourth-order valence-electron chi connectivity index (χ4n) is 4.72. The van der Waals surface area contributed by atoms with E-state index in [2.05, 4.69) is 15.7 Å². The zero-order valence-corrected chi connectivity index (χ0v) is 22.5. The maximum atomic E-state index is 14.9. The molecule has 1 N–H and O–H groups in total. The van der Waals surface area contributed by atoms with Crippen molar-refractivity contribution in [3.63, 3.8) is 0 Å². The molecule has 3 aromatic rings. The largest absolute Gasteiger partial charge is 0.488 e. The minimum absolute atomic E-state index is 0.0930. The Labute approximate surface area is 221 Å². The van der Waals surface area contributed by atoms with Crippen LogP contribution in [0.4, 0.5) is 14.5 Å². The number of fused-ring (bicyclic) bond motifs is 1. The van der Waals surface area contributed by atoms with Crippen LogP contribution in [-0.2, 0) is 14.4 Å². The lowest BCUT2D eigenvalue weighted by molar-refractivity contribution is 0.0983. The Morgan fingerprint density at radius 3 is 2.79 bits per heavy atom. The highest BCUT2D eigenvalue weighted by atomic mass is 32.2. The Hall–Kier alpha value is -3.18. The first-order valence-electron chi connectivity index (χ1n) is 12.5. The lowest BCUT2D eigenvalue weighted by Gasteiger charge is -2.29. The maximum absolute atomic E-state index is 14.9. The van der Waals surface area contributed by atoms with Gasteiger partial charge in [0.25, 0.3) is 5.91 Å². The van der Waals surface area contributed by atoms with Crippen molar-refractivity contribution >= 4 is 32.7 Å². The molecule has 2 aliphatic heterocycles. The van der Waals surface area contributed by atoms with Crippen LogP contribution in [0.15, 0.2) is 42.7 Å². The van der Waals surface area contributed by atoms with E-state index >= 15 is 0 Å². The number of anilines is 1. The fraction of sp³-hybridized carbons (Fsp3) is 0.444. The van der Waals surface area contributed by atoms with E-state index in [-0.39, 0.29) is 24.6 Å². The summed E-state index contributed by atoms with van der Waals surface area (Å²) in [6.45, 7) is 6.36. The monoisotopic (exact) mass is 546 g/mol. The lowest BCUT2D eigenvalue weighted by Crippen LogP contribution is -2.42. The summed E-state index contributed by atoms with van der Waals surface area (Å²) >= 11 is 0. The number of hydrogen-bond acceptors (Lipinski definition) is 6. The van der Waals surface area contributed by atoms with Gasteiger partial charge in [0.2, 0.25) is 0 Å². The van der Waals surface area contributed by atoms with Crippen LogP contribution < -0.4 is 14.4 Å². The van der Waals surface area contributed by atoms with Gasteiger partial charge in [-0.15, -0.1) is 0 Å².